The van der Waals surface area contributed by atoms with Crippen LogP contribution in [0, 0.1) is 5.82 Å². The fraction of sp³-hybridized carbons (Fsp3) is 0.211. The van der Waals surface area contributed by atoms with Crippen molar-refractivity contribution in [1.82, 2.24) is 10.0 Å². The highest BCUT2D eigenvalue weighted by Gasteiger charge is 2.07. The maximum absolute atomic E-state index is 13.0. The summed E-state index contributed by atoms with van der Waals surface area (Å²) in [5.41, 5.74) is 1.56. The van der Waals surface area contributed by atoms with Gasteiger partial charge >= 0.3 is 0 Å². The van der Waals surface area contributed by atoms with E-state index >= 15 is 0 Å². The Bertz CT molecular complexity index is 852. The first-order chi connectivity index (χ1) is 12.4. The van der Waals surface area contributed by atoms with E-state index in [0.717, 1.165) is 16.5 Å². The quantitative estimate of drug-likeness (QED) is 0.706. The van der Waals surface area contributed by atoms with Gasteiger partial charge in [-0.1, -0.05) is 42.5 Å². The fourth-order valence-corrected chi connectivity index (χ4v) is 3.03. The van der Waals surface area contributed by atoms with E-state index in [4.69, 9.17) is 0 Å². The van der Waals surface area contributed by atoms with Gasteiger partial charge in [0, 0.05) is 24.9 Å². The molecule has 5 nitrogen and oxygen atoms in total. The van der Waals surface area contributed by atoms with Gasteiger partial charge in [-0.3, -0.25) is 4.79 Å². The van der Waals surface area contributed by atoms with Gasteiger partial charge in [0.25, 0.3) is 0 Å². The van der Waals surface area contributed by atoms with Crippen LogP contribution in [0.25, 0.3) is 6.08 Å². The van der Waals surface area contributed by atoms with E-state index < -0.39 is 10.0 Å². The number of carbonyl (C=O) groups is 1. The summed E-state index contributed by atoms with van der Waals surface area (Å²) in [6, 6.07) is 15.2. The van der Waals surface area contributed by atoms with Crippen molar-refractivity contribution in [3.63, 3.8) is 0 Å². The molecule has 0 aromatic heterocycles. The molecule has 0 unspecified atom stereocenters. The molecule has 0 heterocycles. The van der Waals surface area contributed by atoms with Crippen LogP contribution in [0.1, 0.15) is 17.5 Å². The van der Waals surface area contributed by atoms with Crippen molar-refractivity contribution in [3.8, 4) is 0 Å². The van der Waals surface area contributed by atoms with Gasteiger partial charge in [0.1, 0.15) is 5.82 Å². The van der Waals surface area contributed by atoms with E-state index in [1.165, 1.54) is 18.2 Å². The maximum Gasteiger partial charge on any atom is 0.233 e. The zero-order valence-corrected chi connectivity index (χ0v) is 15.0. The average molecular weight is 376 g/mol. The molecule has 26 heavy (non-hydrogen) atoms. The first kappa shape index (κ1) is 19.8. The lowest BCUT2D eigenvalue weighted by Crippen LogP contribution is -2.30. The number of amides is 1. The lowest BCUT2D eigenvalue weighted by molar-refractivity contribution is -0.120. The minimum Gasteiger partial charge on any atom is -0.356 e. The van der Waals surface area contributed by atoms with Gasteiger partial charge < -0.3 is 5.32 Å². The summed E-state index contributed by atoms with van der Waals surface area (Å²) < 4.78 is 39.1. The average Bonchev–Trinajstić information content (AvgIpc) is 2.61. The number of hydrogen-bond acceptors (Lipinski definition) is 3. The van der Waals surface area contributed by atoms with Crippen LogP contribution in [0.15, 0.2) is 60.0 Å². The summed E-state index contributed by atoms with van der Waals surface area (Å²) in [5.74, 6) is -0.581. The molecule has 0 aliphatic rings. The van der Waals surface area contributed by atoms with Crippen molar-refractivity contribution in [2.45, 2.75) is 12.8 Å². The van der Waals surface area contributed by atoms with Crippen molar-refractivity contribution < 1.29 is 17.6 Å². The molecule has 0 atom stereocenters. The van der Waals surface area contributed by atoms with Crippen LogP contribution in [0.4, 0.5) is 4.39 Å². The molecule has 0 bridgehead atoms. The van der Waals surface area contributed by atoms with E-state index in [-0.39, 0.29) is 24.7 Å². The molecule has 138 valence electrons. The molecular formula is C19H21FN2O3S. The highest BCUT2D eigenvalue weighted by Crippen LogP contribution is 2.04. The number of sulfonamides is 1. The van der Waals surface area contributed by atoms with Gasteiger partial charge in [-0.15, -0.1) is 0 Å². The summed E-state index contributed by atoms with van der Waals surface area (Å²) in [4.78, 5) is 11.7. The van der Waals surface area contributed by atoms with Crippen molar-refractivity contribution in [3.05, 3.63) is 76.9 Å². The van der Waals surface area contributed by atoms with Crippen molar-refractivity contribution >= 4 is 22.0 Å². The highest BCUT2D eigenvalue weighted by molar-refractivity contribution is 7.92. The minimum absolute atomic E-state index is 0.00720. The molecule has 0 spiro atoms. The third-order valence-corrected chi connectivity index (χ3v) is 4.62. The zero-order valence-electron chi connectivity index (χ0n) is 14.2. The van der Waals surface area contributed by atoms with Crippen LogP contribution in [0.3, 0.4) is 0 Å². The van der Waals surface area contributed by atoms with Gasteiger partial charge in [0.2, 0.25) is 15.9 Å². The Morgan fingerprint density at radius 2 is 1.81 bits per heavy atom. The summed E-state index contributed by atoms with van der Waals surface area (Å²) in [5, 5.41) is 3.75. The van der Waals surface area contributed by atoms with Crippen LogP contribution in [0.5, 0.6) is 0 Å². The summed E-state index contributed by atoms with van der Waals surface area (Å²) in [7, 11) is -3.60. The first-order valence-electron chi connectivity index (χ1n) is 8.18. The molecule has 2 aromatic carbocycles. The molecule has 0 saturated carbocycles. The molecule has 7 heteroatoms. The minimum atomic E-state index is -3.60. The summed E-state index contributed by atoms with van der Waals surface area (Å²) in [6.45, 7) is 0.371. The van der Waals surface area contributed by atoms with Crippen LogP contribution < -0.4 is 10.0 Å². The van der Waals surface area contributed by atoms with Crippen LogP contribution >= 0.6 is 0 Å². The van der Waals surface area contributed by atoms with Gasteiger partial charge in [0.05, 0.1) is 0 Å². The molecule has 0 radical (unpaired) electrons. The second-order valence-corrected chi connectivity index (χ2v) is 7.28. The largest absolute Gasteiger partial charge is 0.356 e. The lowest BCUT2D eigenvalue weighted by Gasteiger charge is -2.06. The Hall–Kier alpha value is -2.51. The molecule has 2 rings (SSSR count). The third kappa shape index (κ3) is 7.58. The second-order valence-electron chi connectivity index (χ2n) is 5.63. The molecular weight excluding hydrogens is 355 g/mol. The summed E-state index contributed by atoms with van der Waals surface area (Å²) in [6.07, 6.45) is 2.03. The lowest BCUT2D eigenvalue weighted by atomic mass is 10.1. The second kappa shape index (κ2) is 9.84. The predicted molar refractivity (Wildman–Crippen MR) is 100 cm³/mol. The van der Waals surface area contributed by atoms with E-state index in [2.05, 4.69) is 10.0 Å². The zero-order chi connectivity index (χ0) is 18.8. The van der Waals surface area contributed by atoms with Gasteiger partial charge in [-0.25, -0.2) is 17.5 Å². The van der Waals surface area contributed by atoms with Crippen LogP contribution in [-0.4, -0.2) is 27.4 Å². The van der Waals surface area contributed by atoms with E-state index in [1.807, 2.05) is 18.2 Å². The molecule has 0 fully saturated rings. The van der Waals surface area contributed by atoms with E-state index in [0.29, 0.717) is 13.0 Å². The smallest absolute Gasteiger partial charge is 0.233 e. The number of hydrogen-bond donors (Lipinski definition) is 2. The fourth-order valence-electron chi connectivity index (χ4n) is 2.21. The van der Waals surface area contributed by atoms with Crippen molar-refractivity contribution in [2.24, 2.45) is 0 Å². The molecule has 1 amide bonds. The normalized spacial score (nSPS) is 11.6. The number of halogens is 1. The Morgan fingerprint density at radius 3 is 2.54 bits per heavy atom. The highest BCUT2D eigenvalue weighted by atomic mass is 32.2. The van der Waals surface area contributed by atoms with Crippen molar-refractivity contribution in [2.75, 3.05) is 13.1 Å². The topological polar surface area (TPSA) is 75.3 Å². The Morgan fingerprint density at radius 1 is 1.04 bits per heavy atom. The van der Waals surface area contributed by atoms with Crippen LogP contribution in [0.2, 0.25) is 0 Å². The van der Waals surface area contributed by atoms with Gasteiger partial charge in [-0.2, -0.15) is 0 Å². The first-order valence-corrected chi connectivity index (χ1v) is 9.73. The standard InChI is InChI=1S/C19H21FN2O3S/c20-18-8-4-7-17(15-18)9-12-21-19(23)10-13-22-26(24,25)14-11-16-5-2-1-3-6-16/h1-8,11,14-15,22H,9-10,12-13H2,(H,21,23)/b14-11+. The maximum atomic E-state index is 13.0. The van der Waals surface area contributed by atoms with E-state index in [1.54, 1.807) is 24.3 Å². The molecule has 0 aliphatic heterocycles. The number of carbonyl (C=O) groups excluding carboxylic acids is 1. The molecule has 0 aliphatic carbocycles. The Balaban J connectivity index is 1.68. The van der Waals surface area contributed by atoms with Crippen LogP contribution in [-0.2, 0) is 21.2 Å². The number of rotatable bonds is 9. The van der Waals surface area contributed by atoms with Gasteiger partial charge in [-0.05, 0) is 35.8 Å². The van der Waals surface area contributed by atoms with Gasteiger partial charge in [0.15, 0.2) is 0 Å². The molecule has 2 N–H and O–H groups in total. The third-order valence-electron chi connectivity index (χ3n) is 3.52. The predicted octanol–water partition coefficient (Wildman–Crippen LogP) is 2.46. The monoisotopic (exact) mass is 376 g/mol. The van der Waals surface area contributed by atoms with E-state index in [9.17, 15) is 17.6 Å². The Labute approximate surface area is 153 Å². The molecule has 0 saturated heterocycles. The Kier molecular flexibility index (Phi) is 7.50. The van der Waals surface area contributed by atoms with Crippen molar-refractivity contribution in [1.29, 1.82) is 0 Å². The SMILES string of the molecule is O=C(CCNS(=O)(=O)/C=C/c1ccccc1)NCCc1cccc(F)c1. The molecule has 2 aromatic rings. The number of benzene rings is 2. The summed E-state index contributed by atoms with van der Waals surface area (Å²) >= 11 is 0. The number of nitrogens with one attached hydrogen (secondary N) is 2.